The quantitative estimate of drug-likeness (QED) is 0.313. The number of nitrogens with one attached hydrogen (secondary N) is 4. The molecule has 0 amide bonds. The van der Waals surface area contributed by atoms with Crippen molar-refractivity contribution in [2.45, 2.75) is 49.6 Å². The van der Waals surface area contributed by atoms with E-state index in [0.29, 0.717) is 17.6 Å². The fourth-order valence-corrected chi connectivity index (χ4v) is 6.13. The van der Waals surface area contributed by atoms with Crippen molar-refractivity contribution in [1.29, 1.82) is 0 Å². The molecule has 0 aliphatic carbocycles. The van der Waals surface area contributed by atoms with E-state index in [4.69, 9.17) is 14.7 Å². The van der Waals surface area contributed by atoms with Crippen LogP contribution in [0.15, 0.2) is 30.3 Å². The molecule has 2 unspecified atom stereocenters. The molecule has 2 aromatic heterocycles. The zero-order valence-corrected chi connectivity index (χ0v) is 19.5. The van der Waals surface area contributed by atoms with E-state index in [1.807, 2.05) is 37.3 Å². The van der Waals surface area contributed by atoms with E-state index < -0.39 is 16.0 Å². The summed E-state index contributed by atoms with van der Waals surface area (Å²) in [6, 6.07) is 10.3. The van der Waals surface area contributed by atoms with Crippen molar-refractivity contribution in [2.75, 3.05) is 24.4 Å². The number of methoxy groups -OCH3 is 1. The summed E-state index contributed by atoms with van der Waals surface area (Å²) in [5.74, 6) is 1.99. The van der Waals surface area contributed by atoms with Crippen molar-refractivity contribution >= 4 is 39.2 Å². The number of benzene rings is 1. The van der Waals surface area contributed by atoms with Crippen LogP contribution in [-0.2, 0) is 15.4 Å². The average molecular weight is 472 g/mol. The Morgan fingerprint density at radius 2 is 2.06 bits per heavy atom. The number of nitrogens with zero attached hydrogens (tertiary/aromatic N) is 3. The van der Waals surface area contributed by atoms with Crippen molar-refractivity contribution in [3.8, 4) is 0 Å². The predicted molar refractivity (Wildman–Crippen MR) is 128 cm³/mol. The first-order chi connectivity index (χ1) is 16.0. The highest BCUT2D eigenvalue weighted by atomic mass is 32.2. The standard InChI is InChI=1S/C22H29N7O3S/c1-12-7-20(29-28-12)26-21-15-5-3-4-6-17(15)25-22(27-21)24-14-8-13-9-16(18(10-14)23-13)19(11-32-2)33(30)31/h3-7,13-14,16,18-19,23,33H,8-11H2,1-2H3,(H3,24,25,26,27,28,29)/t13-,14+,16?,18+,19?/m1/s1. The molecule has 5 atom stereocenters. The van der Waals surface area contributed by atoms with E-state index in [1.165, 1.54) is 0 Å². The molecule has 2 fully saturated rings. The van der Waals surface area contributed by atoms with Crippen LogP contribution in [0, 0.1) is 12.8 Å². The van der Waals surface area contributed by atoms with E-state index in [1.54, 1.807) is 7.11 Å². The van der Waals surface area contributed by atoms with Gasteiger partial charge in [-0.1, -0.05) is 12.1 Å². The Hall–Kier alpha value is -2.76. The second-order valence-corrected chi connectivity index (χ2v) is 10.2. The van der Waals surface area contributed by atoms with E-state index in [0.717, 1.165) is 35.9 Å². The monoisotopic (exact) mass is 471 g/mol. The summed E-state index contributed by atoms with van der Waals surface area (Å²) in [5.41, 5.74) is 1.79. The van der Waals surface area contributed by atoms with Crippen molar-refractivity contribution in [1.82, 2.24) is 25.5 Å². The van der Waals surface area contributed by atoms with E-state index >= 15 is 0 Å². The van der Waals surface area contributed by atoms with Crippen molar-refractivity contribution in [3.05, 3.63) is 36.0 Å². The summed E-state index contributed by atoms with van der Waals surface area (Å²) in [6.45, 7) is 2.18. The van der Waals surface area contributed by atoms with Gasteiger partial charge in [-0.15, -0.1) is 0 Å². The number of para-hydroxylation sites is 1. The topological polar surface area (TPSA) is 134 Å². The Morgan fingerprint density at radius 1 is 1.21 bits per heavy atom. The molecule has 2 aliphatic rings. The molecular formula is C22H29N7O3S. The fraction of sp³-hybridized carbons (Fsp3) is 0.500. The number of ether oxygens (including phenoxy) is 1. The summed E-state index contributed by atoms with van der Waals surface area (Å²) in [7, 11) is -0.987. The van der Waals surface area contributed by atoms with Gasteiger partial charge < -0.3 is 20.7 Å². The number of hydrogen-bond acceptors (Lipinski definition) is 9. The number of aromatic amines is 1. The Kier molecular flexibility index (Phi) is 6.17. The molecule has 176 valence electrons. The van der Waals surface area contributed by atoms with Gasteiger partial charge in [0, 0.05) is 42.4 Å². The predicted octanol–water partition coefficient (Wildman–Crippen LogP) is 1.95. The van der Waals surface area contributed by atoms with Gasteiger partial charge in [0.1, 0.15) is 16.5 Å². The highest BCUT2D eigenvalue weighted by Crippen LogP contribution is 2.36. The summed E-state index contributed by atoms with van der Waals surface area (Å²) < 4.78 is 28.9. The summed E-state index contributed by atoms with van der Waals surface area (Å²) in [6.07, 6.45) is 2.53. The van der Waals surface area contributed by atoms with Gasteiger partial charge in [0.2, 0.25) is 5.95 Å². The summed E-state index contributed by atoms with van der Waals surface area (Å²) >= 11 is 0. The lowest BCUT2D eigenvalue weighted by atomic mass is 9.93. The fourth-order valence-electron chi connectivity index (χ4n) is 5.22. The van der Waals surface area contributed by atoms with Gasteiger partial charge in [-0.2, -0.15) is 10.1 Å². The number of aromatic nitrogens is 4. The van der Waals surface area contributed by atoms with Crippen LogP contribution in [0.5, 0.6) is 0 Å². The van der Waals surface area contributed by atoms with E-state index in [-0.39, 0.29) is 30.7 Å². The molecule has 4 heterocycles. The van der Waals surface area contributed by atoms with Gasteiger partial charge in [-0.3, -0.25) is 5.10 Å². The number of hydrogen-bond donors (Lipinski definition) is 5. The normalized spacial score (nSPS) is 25.4. The molecule has 4 N–H and O–H groups in total. The molecule has 2 saturated heterocycles. The van der Waals surface area contributed by atoms with E-state index in [2.05, 4.69) is 26.1 Å². The van der Waals surface area contributed by atoms with Gasteiger partial charge in [-0.05, 0) is 44.2 Å². The number of thiol groups is 1. The Bertz CT molecular complexity index is 1210. The largest absolute Gasteiger partial charge is 0.383 e. The SMILES string of the molecule is COCC(C1C[C@H]2C[C@H](Nc3nc(Nc4cc(C)[nH]n4)c4ccccc4n3)C[C@@H]1N2)[SH](=O)=O. The lowest BCUT2D eigenvalue weighted by Crippen LogP contribution is -2.46. The second kappa shape index (κ2) is 9.24. The van der Waals surface area contributed by atoms with Gasteiger partial charge in [-0.25, -0.2) is 13.4 Å². The maximum Gasteiger partial charge on any atom is 0.225 e. The first-order valence-corrected chi connectivity index (χ1v) is 12.5. The molecule has 1 aromatic carbocycles. The lowest BCUT2D eigenvalue weighted by Gasteiger charge is -2.31. The van der Waals surface area contributed by atoms with Crippen LogP contribution in [0.1, 0.15) is 25.0 Å². The third-order valence-electron chi connectivity index (χ3n) is 6.62. The van der Waals surface area contributed by atoms with Crippen LogP contribution < -0.4 is 16.0 Å². The van der Waals surface area contributed by atoms with Gasteiger partial charge >= 0.3 is 0 Å². The molecule has 2 bridgehead atoms. The number of anilines is 3. The number of aryl methyl sites for hydroxylation is 1. The molecule has 0 saturated carbocycles. The molecule has 11 heteroatoms. The first kappa shape index (κ1) is 22.1. The maximum atomic E-state index is 11.8. The molecule has 2 aliphatic heterocycles. The minimum absolute atomic E-state index is 0.0560. The third kappa shape index (κ3) is 4.66. The van der Waals surface area contributed by atoms with Crippen LogP contribution in [0.3, 0.4) is 0 Å². The lowest BCUT2D eigenvalue weighted by molar-refractivity contribution is 0.176. The first-order valence-electron chi connectivity index (χ1n) is 11.2. The van der Waals surface area contributed by atoms with Crippen LogP contribution >= 0.6 is 0 Å². The minimum atomic E-state index is -2.54. The Morgan fingerprint density at radius 3 is 2.82 bits per heavy atom. The maximum absolute atomic E-state index is 11.8. The number of fused-ring (bicyclic) bond motifs is 3. The van der Waals surface area contributed by atoms with Gasteiger partial charge in [0.25, 0.3) is 0 Å². The Labute approximate surface area is 193 Å². The summed E-state index contributed by atoms with van der Waals surface area (Å²) in [4.78, 5) is 9.49. The van der Waals surface area contributed by atoms with Crippen LogP contribution in [0.25, 0.3) is 10.9 Å². The second-order valence-electron chi connectivity index (χ2n) is 8.96. The van der Waals surface area contributed by atoms with Crippen molar-refractivity contribution in [2.24, 2.45) is 5.92 Å². The molecule has 0 radical (unpaired) electrons. The molecule has 5 rings (SSSR count). The van der Waals surface area contributed by atoms with Crippen LogP contribution in [0.4, 0.5) is 17.6 Å². The highest BCUT2D eigenvalue weighted by Gasteiger charge is 2.44. The van der Waals surface area contributed by atoms with E-state index in [9.17, 15) is 8.42 Å². The van der Waals surface area contributed by atoms with Gasteiger partial charge in [0.15, 0.2) is 5.82 Å². The van der Waals surface area contributed by atoms with Crippen molar-refractivity contribution < 1.29 is 13.2 Å². The highest BCUT2D eigenvalue weighted by molar-refractivity contribution is 7.73. The smallest absolute Gasteiger partial charge is 0.225 e. The van der Waals surface area contributed by atoms with Crippen molar-refractivity contribution in [3.63, 3.8) is 0 Å². The van der Waals surface area contributed by atoms with Crippen LogP contribution in [0.2, 0.25) is 0 Å². The molecule has 3 aromatic rings. The summed E-state index contributed by atoms with van der Waals surface area (Å²) in [5, 5.41) is 18.1. The zero-order chi connectivity index (χ0) is 22.9. The van der Waals surface area contributed by atoms with Gasteiger partial charge in [0.05, 0.1) is 17.4 Å². The zero-order valence-electron chi connectivity index (χ0n) is 18.6. The third-order valence-corrected chi connectivity index (χ3v) is 7.70. The molecule has 0 spiro atoms. The minimum Gasteiger partial charge on any atom is -0.383 e. The Balaban J connectivity index is 1.36. The number of H-pyrrole nitrogens is 1. The van der Waals surface area contributed by atoms with Crippen LogP contribution in [-0.4, -0.2) is 65.7 Å². The number of rotatable bonds is 8. The molecular weight excluding hydrogens is 442 g/mol. The molecule has 10 nitrogen and oxygen atoms in total. The average Bonchev–Trinajstić information content (AvgIpc) is 3.33. The number of piperidine rings is 1. The molecule has 33 heavy (non-hydrogen) atoms.